The lowest BCUT2D eigenvalue weighted by Gasteiger charge is -2.27. The van der Waals surface area contributed by atoms with Crippen LogP contribution in [0.5, 0.6) is 5.75 Å². The number of rotatable bonds is 8. The molecule has 0 unspecified atom stereocenters. The van der Waals surface area contributed by atoms with Crippen LogP contribution in [0.15, 0.2) is 24.3 Å². The van der Waals surface area contributed by atoms with Gasteiger partial charge in [0.1, 0.15) is 5.75 Å². The number of carbonyl (C=O) groups is 2. The van der Waals surface area contributed by atoms with Gasteiger partial charge in [0.15, 0.2) is 5.41 Å². The van der Waals surface area contributed by atoms with Crippen LogP contribution in [0.1, 0.15) is 65.9 Å². The summed E-state index contributed by atoms with van der Waals surface area (Å²) in [7, 11) is 0. The minimum absolute atomic E-state index is 0.220. The molecule has 0 heterocycles. The minimum atomic E-state index is -1.25. The van der Waals surface area contributed by atoms with Crippen LogP contribution in [0, 0.1) is 11.3 Å². The molecule has 24 heavy (non-hydrogen) atoms. The van der Waals surface area contributed by atoms with Crippen molar-refractivity contribution in [1.82, 2.24) is 0 Å². The van der Waals surface area contributed by atoms with Crippen molar-refractivity contribution < 1.29 is 19.1 Å². The van der Waals surface area contributed by atoms with Gasteiger partial charge in [-0.05, 0) is 36.3 Å². The van der Waals surface area contributed by atoms with E-state index in [2.05, 4.69) is 0 Å². The van der Waals surface area contributed by atoms with Crippen molar-refractivity contribution in [2.24, 2.45) is 11.3 Å². The van der Waals surface area contributed by atoms with Gasteiger partial charge in [0, 0.05) is 0 Å². The summed E-state index contributed by atoms with van der Waals surface area (Å²) in [5, 5.41) is 0. The van der Waals surface area contributed by atoms with Gasteiger partial charge >= 0.3 is 11.9 Å². The molecule has 0 atom stereocenters. The number of para-hydroxylation sites is 1. The molecule has 0 aliphatic heterocycles. The molecular formula is C20H30O4. The summed E-state index contributed by atoms with van der Waals surface area (Å²) in [6.07, 6.45) is 0.701. The highest BCUT2D eigenvalue weighted by Gasteiger charge is 2.46. The molecule has 0 spiro atoms. The van der Waals surface area contributed by atoms with Gasteiger partial charge < -0.3 is 9.47 Å². The van der Waals surface area contributed by atoms with E-state index in [0.717, 1.165) is 5.56 Å². The normalized spacial score (nSPS) is 11.7. The molecule has 0 aromatic heterocycles. The van der Waals surface area contributed by atoms with Gasteiger partial charge in [-0.25, -0.2) is 0 Å². The van der Waals surface area contributed by atoms with Crippen LogP contribution in [-0.4, -0.2) is 18.5 Å². The van der Waals surface area contributed by atoms with Gasteiger partial charge in [-0.3, -0.25) is 9.59 Å². The Morgan fingerprint density at radius 1 is 1.00 bits per heavy atom. The van der Waals surface area contributed by atoms with E-state index in [1.54, 1.807) is 6.07 Å². The third kappa shape index (κ3) is 4.59. The summed E-state index contributed by atoms with van der Waals surface area (Å²) in [5.74, 6) is -0.0689. The first-order valence-corrected chi connectivity index (χ1v) is 8.76. The van der Waals surface area contributed by atoms with Crippen molar-refractivity contribution in [2.45, 2.75) is 60.3 Å². The summed E-state index contributed by atoms with van der Waals surface area (Å²) in [6.45, 7) is 11.9. The number of esters is 2. The highest BCUT2D eigenvalue weighted by molar-refractivity contribution is 6.00. The molecule has 1 aromatic carbocycles. The molecule has 0 amide bonds. The zero-order valence-corrected chi connectivity index (χ0v) is 15.7. The van der Waals surface area contributed by atoms with Crippen LogP contribution in [0.3, 0.4) is 0 Å². The standard InChI is InChI=1S/C20H30O4/c1-7-20(8-2,18(21)23-13-14(3)4)19(22)24-17-12-10-9-11-16(17)15(5)6/h9-12,14-15H,7-8,13H2,1-6H3. The molecule has 0 saturated carbocycles. The lowest BCUT2D eigenvalue weighted by Crippen LogP contribution is -2.43. The number of benzene rings is 1. The maximum atomic E-state index is 12.8. The number of carbonyl (C=O) groups excluding carboxylic acids is 2. The van der Waals surface area contributed by atoms with Crippen molar-refractivity contribution in [3.63, 3.8) is 0 Å². The number of hydrogen-bond donors (Lipinski definition) is 0. The van der Waals surface area contributed by atoms with E-state index in [1.807, 2.05) is 59.7 Å². The van der Waals surface area contributed by atoms with Gasteiger partial charge in [-0.15, -0.1) is 0 Å². The van der Waals surface area contributed by atoms with Crippen molar-refractivity contribution in [1.29, 1.82) is 0 Å². The third-order valence-corrected chi connectivity index (χ3v) is 4.28. The van der Waals surface area contributed by atoms with Crippen LogP contribution < -0.4 is 4.74 Å². The van der Waals surface area contributed by atoms with Crippen molar-refractivity contribution in [3.05, 3.63) is 29.8 Å². The zero-order chi connectivity index (χ0) is 18.3. The third-order valence-electron chi connectivity index (χ3n) is 4.28. The van der Waals surface area contributed by atoms with E-state index >= 15 is 0 Å². The number of ether oxygens (including phenoxy) is 2. The second-order valence-corrected chi connectivity index (χ2v) is 6.86. The predicted molar refractivity (Wildman–Crippen MR) is 95.0 cm³/mol. The molecule has 0 radical (unpaired) electrons. The van der Waals surface area contributed by atoms with Gasteiger partial charge in [-0.1, -0.05) is 59.7 Å². The number of hydrogen-bond acceptors (Lipinski definition) is 4. The maximum Gasteiger partial charge on any atom is 0.328 e. The molecule has 1 rings (SSSR count). The smallest absolute Gasteiger partial charge is 0.328 e. The Morgan fingerprint density at radius 3 is 2.08 bits per heavy atom. The second-order valence-electron chi connectivity index (χ2n) is 6.86. The summed E-state index contributed by atoms with van der Waals surface area (Å²) in [5.41, 5.74) is -0.304. The van der Waals surface area contributed by atoms with Crippen LogP contribution in [0.25, 0.3) is 0 Å². The minimum Gasteiger partial charge on any atom is -0.465 e. The maximum absolute atomic E-state index is 12.8. The molecule has 0 aliphatic carbocycles. The predicted octanol–water partition coefficient (Wildman–Crippen LogP) is 4.72. The van der Waals surface area contributed by atoms with Gasteiger partial charge in [0.05, 0.1) is 6.61 Å². The monoisotopic (exact) mass is 334 g/mol. The molecule has 134 valence electrons. The average Bonchev–Trinajstić information content (AvgIpc) is 2.54. The summed E-state index contributed by atoms with van der Waals surface area (Å²) in [6, 6.07) is 7.44. The quantitative estimate of drug-likeness (QED) is 0.392. The molecule has 0 aliphatic rings. The first-order chi connectivity index (χ1) is 11.3. The van der Waals surface area contributed by atoms with Gasteiger partial charge in [-0.2, -0.15) is 0 Å². The fraction of sp³-hybridized carbons (Fsp3) is 0.600. The molecule has 4 nitrogen and oxygen atoms in total. The van der Waals surface area contributed by atoms with Crippen LogP contribution >= 0.6 is 0 Å². The van der Waals surface area contributed by atoms with Crippen LogP contribution in [0.4, 0.5) is 0 Å². The Balaban J connectivity index is 3.05. The first-order valence-electron chi connectivity index (χ1n) is 8.76. The average molecular weight is 334 g/mol. The SMILES string of the molecule is CCC(CC)(C(=O)OCC(C)C)C(=O)Oc1ccccc1C(C)C. The van der Waals surface area contributed by atoms with E-state index in [4.69, 9.17) is 9.47 Å². The largest absolute Gasteiger partial charge is 0.465 e. The Kier molecular flexibility index (Phi) is 7.46. The summed E-state index contributed by atoms with van der Waals surface area (Å²) < 4.78 is 11.0. The molecule has 4 heteroatoms. The van der Waals surface area contributed by atoms with Gasteiger partial charge in [0.2, 0.25) is 0 Å². The van der Waals surface area contributed by atoms with Crippen molar-refractivity contribution in [3.8, 4) is 5.75 Å². The first kappa shape index (κ1) is 20.2. The lowest BCUT2D eigenvalue weighted by molar-refractivity contribution is -0.168. The van der Waals surface area contributed by atoms with E-state index in [-0.39, 0.29) is 11.8 Å². The molecule has 0 bridgehead atoms. The molecule has 0 fully saturated rings. The lowest BCUT2D eigenvalue weighted by atomic mass is 9.82. The van der Waals surface area contributed by atoms with E-state index in [1.165, 1.54) is 0 Å². The van der Waals surface area contributed by atoms with Crippen LogP contribution in [-0.2, 0) is 14.3 Å². The molecule has 0 saturated heterocycles. The Labute approximate surface area is 145 Å². The fourth-order valence-corrected chi connectivity index (χ4v) is 2.54. The summed E-state index contributed by atoms with van der Waals surface area (Å²) in [4.78, 5) is 25.4. The highest BCUT2D eigenvalue weighted by atomic mass is 16.6. The van der Waals surface area contributed by atoms with E-state index < -0.39 is 17.4 Å². The van der Waals surface area contributed by atoms with Crippen molar-refractivity contribution >= 4 is 11.9 Å². The van der Waals surface area contributed by atoms with Crippen molar-refractivity contribution in [2.75, 3.05) is 6.61 Å². The Bertz CT molecular complexity index is 557. The Morgan fingerprint density at radius 2 is 1.58 bits per heavy atom. The van der Waals surface area contributed by atoms with Gasteiger partial charge in [0.25, 0.3) is 0 Å². The zero-order valence-electron chi connectivity index (χ0n) is 15.7. The second kappa shape index (κ2) is 8.86. The summed E-state index contributed by atoms with van der Waals surface area (Å²) >= 11 is 0. The molecule has 1 aromatic rings. The fourth-order valence-electron chi connectivity index (χ4n) is 2.54. The highest BCUT2D eigenvalue weighted by Crippen LogP contribution is 2.33. The van der Waals surface area contributed by atoms with E-state index in [0.29, 0.717) is 25.2 Å². The molecular weight excluding hydrogens is 304 g/mol. The molecule has 0 N–H and O–H groups in total. The topological polar surface area (TPSA) is 52.6 Å². The van der Waals surface area contributed by atoms with E-state index in [9.17, 15) is 9.59 Å². The Hall–Kier alpha value is -1.84. The van der Waals surface area contributed by atoms with Crippen LogP contribution in [0.2, 0.25) is 0 Å².